The molecule has 0 fully saturated rings. The standard InChI is InChI=1S/C14H16N4O/c1-8-4-5-11-10(6-8)14(19)18(3)13(17-11)12-9(2)15-7-16-12/h4-7,13,17H,1-3H3,(H,15,16)/t13-/m1/s1. The fourth-order valence-corrected chi connectivity index (χ4v) is 2.41. The Kier molecular flexibility index (Phi) is 2.55. The number of aromatic amines is 1. The molecule has 1 atom stereocenters. The number of anilines is 1. The van der Waals surface area contributed by atoms with Gasteiger partial charge in [-0.25, -0.2) is 4.98 Å². The molecule has 0 spiro atoms. The quantitative estimate of drug-likeness (QED) is 0.822. The van der Waals surface area contributed by atoms with E-state index >= 15 is 0 Å². The van der Waals surface area contributed by atoms with Gasteiger partial charge < -0.3 is 15.2 Å². The van der Waals surface area contributed by atoms with E-state index in [9.17, 15) is 4.79 Å². The minimum atomic E-state index is -0.228. The van der Waals surface area contributed by atoms with Crippen LogP contribution in [0.25, 0.3) is 0 Å². The fraction of sp³-hybridized carbons (Fsp3) is 0.286. The van der Waals surface area contributed by atoms with Crippen LogP contribution in [0.15, 0.2) is 24.5 Å². The molecule has 0 saturated heterocycles. The second-order valence-corrected chi connectivity index (χ2v) is 4.92. The molecule has 1 aliphatic rings. The summed E-state index contributed by atoms with van der Waals surface area (Å²) in [6.45, 7) is 3.94. The molecule has 19 heavy (non-hydrogen) atoms. The Labute approximate surface area is 111 Å². The lowest BCUT2D eigenvalue weighted by molar-refractivity contribution is 0.0732. The second-order valence-electron chi connectivity index (χ2n) is 4.92. The van der Waals surface area contributed by atoms with Crippen molar-refractivity contribution in [1.82, 2.24) is 14.9 Å². The number of carbonyl (C=O) groups excluding carboxylic acids is 1. The number of carbonyl (C=O) groups is 1. The Morgan fingerprint density at radius 2 is 2.11 bits per heavy atom. The van der Waals surface area contributed by atoms with Crippen molar-refractivity contribution in [2.45, 2.75) is 20.0 Å². The van der Waals surface area contributed by atoms with Crippen LogP contribution in [0.1, 0.15) is 33.5 Å². The maximum atomic E-state index is 12.4. The molecular formula is C14H16N4O. The first-order chi connectivity index (χ1) is 9.08. The minimum Gasteiger partial charge on any atom is -0.359 e. The summed E-state index contributed by atoms with van der Waals surface area (Å²) >= 11 is 0. The van der Waals surface area contributed by atoms with Crippen LogP contribution in [0.5, 0.6) is 0 Å². The van der Waals surface area contributed by atoms with E-state index in [1.165, 1.54) is 0 Å². The van der Waals surface area contributed by atoms with Gasteiger partial charge in [0.2, 0.25) is 0 Å². The molecule has 0 radical (unpaired) electrons. The maximum absolute atomic E-state index is 12.4. The predicted molar refractivity (Wildman–Crippen MR) is 73.0 cm³/mol. The maximum Gasteiger partial charge on any atom is 0.257 e. The Balaban J connectivity index is 2.06. The molecule has 0 saturated carbocycles. The highest BCUT2D eigenvalue weighted by molar-refractivity contribution is 6.01. The predicted octanol–water partition coefficient (Wildman–Crippen LogP) is 2.22. The smallest absolute Gasteiger partial charge is 0.257 e. The van der Waals surface area contributed by atoms with Gasteiger partial charge in [-0.3, -0.25) is 4.79 Å². The molecule has 98 valence electrons. The van der Waals surface area contributed by atoms with Crippen LogP contribution in [0.2, 0.25) is 0 Å². The Morgan fingerprint density at radius 1 is 1.32 bits per heavy atom. The average molecular weight is 256 g/mol. The Bertz CT molecular complexity index is 647. The largest absolute Gasteiger partial charge is 0.359 e. The van der Waals surface area contributed by atoms with Crippen LogP contribution < -0.4 is 5.32 Å². The summed E-state index contributed by atoms with van der Waals surface area (Å²) in [7, 11) is 1.79. The van der Waals surface area contributed by atoms with Crippen LogP contribution in [0.4, 0.5) is 5.69 Å². The van der Waals surface area contributed by atoms with Gasteiger partial charge in [0.25, 0.3) is 5.91 Å². The van der Waals surface area contributed by atoms with E-state index in [2.05, 4.69) is 15.3 Å². The average Bonchev–Trinajstić information content (AvgIpc) is 2.81. The van der Waals surface area contributed by atoms with Crippen molar-refractivity contribution in [1.29, 1.82) is 0 Å². The van der Waals surface area contributed by atoms with Crippen molar-refractivity contribution in [2.75, 3.05) is 12.4 Å². The fourth-order valence-electron chi connectivity index (χ4n) is 2.41. The number of imidazole rings is 1. The molecule has 1 aromatic heterocycles. The molecule has 2 aromatic rings. The summed E-state index contributed by atoms with van der Waals surface area (Å²) in [5, 5.41) is 3.37. The topological polar surface area (TPSA) is 61.0 Å². The molecule has 5 heteroatoms. The summed E-state index contributed by atoms with van der Waals surface area (Å²) < 4.78 is 0. The number of hydrogen-bond donors (Lipinski definition) is 2. The number of aryl methyl sites for hydroxylation is 2. The van der Waals surface area contributed by atoms with E-state index in [1.807, 2.05) is 32.0 Å². The third-order valence-corrected chi connectivity index (χ3v) is 3.53. The summed E-state index contributed by atoms with van der Waals surface area (Å²) in [5.41, 5.74) is 4.47. The van der Waals surface area contributed by atoms with Gasteiger partial charge in [-0.15, -0.1) is 0 Å². The van der Waals surface area contributed by atoms with E-state index in [0.717, 1.165) is 22.6 Å². The SMILES string of the molecule is Cc1ccc2c(c1)C(=O)N(C)[C@H](c1nc[nH]c1C)N2. The number of aromatic nitrogens is 2. The molecule has 3 rings (SSSR count). The molecular weight excluding hydrogens is 240 g/mol. The molecule has 0 bridgehead atoms. The van der Waals surface area contributed by atoms with Gasteiger partial charge in [0.1, 0.15) is 11.9 Å². The molecule has 1 aromatic carbocycles. The van der Waals surface area contributed by atoms with Crippen LogP contribution >= 0.6 is 0 Å². The van der Waals surface area contributed by atoms with Gasteiger partial charge in [0.15, 0.2) is 0 Å². The lowest BCUT2D eigenvalue weighted by Gasteiger charge is -2.34. The number of nitrogens with one attached hydrogen (secondary N) is 2. The highest BCUT2D eigenvalue weighted by Crippen LogP contribution is 2.32. The zero-order valence-electron chi connectivity index (χ0n) is 11.2. The lowest BCUT2D eigenvalue weighted by atomic mass is 10.0. The second kappa shape index (κ2) is 4.12. The third-order valence-electron chi connectivity index (χ3n) is 3.53. The van der Waals surface area contributed by atoms with Crippen molar-refractivity contribution in [2.24, 2.45) is 0 Å². The Morgan fingerprint density at radius 3 is 2.79 bits per heavy atom. The summed E-state index contributed by atoms with van der Waals surface area (Å²) in [6, 6.07) is 5.86. The Hall–Kier alpha value is -2.30. The summed E-state index contributed by atoms with van der Waals surface area (Å²) in [6.07, 6.45) is 1.42. The van der Waals surface area contributed by atoms with E-state index in [0.29, 0.717) is 5.56 Å². The van der Waals surface area contributed by atoms with Crippen molar-refractivity contribution < 1.29 is 4.79 Å². The number of fused-ring (bicyclic) bond motifs is 1. The number of H-pyrrole nitrogens is 1. The van der Waals surface area contributed by atoms with E-state index in [-0.39, 0.29) is 12.1 Å². The van der Waals surface area contributed by atoms with Gasteiger partial charge >= 0.3 is 0 Å². The number of nitrogens with zero attached hydrogens (tertiary/aromatic N) is 2. The minimum absolute atomic E-state index is 0.0184. The van der Waals surface area contributed by atoms with E-state index in [4.69, 9.17) is 0 Å². The summed E-state index contributed by atoms with van der Waals surface area (Å²) in [5.74, 6) is 0.0184. The number of rotatable bonds is 1. The zero-order valence-corrected chi connectivity index (χ0v) is 11.2. The van der Waals surface area contributed by atoms with Gasteiger partial charge in [-0.1, -0.05) is 11.6 Å². The molecule has 2 N–H and O–H groups in total. The van der Waals surface area contributed by atoms with Crippen molar-refractivity contribution in [3.05, 3.63) is 47.0 Å². The number of amides is 1. The monoisotopic (exact) mass is 256 g/mol. The summed E-state index contributed by atoms with van der Waals surface area (Å²) in [4.78, 5) is 21.5. The molecule has 2 heterocycles. The van der Waals surface area contributed by atoms with Crippen LogP contribution in [0, 0.1) is 13.8 Å². The zero-order chi connectivity index (χ0) is 13.6. The molecule has 0 unspecified atom stereocenters. The molecule has 0 aliphatic carbocycles. The molecule has 5 nitrogen and oxygen atoms in total. The van der Waals surface area contributed by atoms with Crippen LogP contribution in [-0.2, 0) is 0 Å². The van der Waals surface area contributed by atoms with Crippen molar-refractivity contribution in [3.8, 4) is 0 Å². The highest BCUT2D eigenvalue weighted by atomic mass is 16.2. The van der Waals surface area contributed by atoms with Crippen LogP contribution in [0.3, 0.4) is 0 Å². The van der Waals surface area contributed by atoms with E-state index < -0.39 is 0 Å². The lowest BCUT2D eigenvalue weighted by Crippen LogP contribution is -2.40. The first kappa shape index (κ1) is 11.8. The van der Waals surface area contributed by atoms with Crippen molar-refractivity contribution in [3.63, 3.8) is 0 Å². The first-order valence-corrected chi connectivity index (χ1v) is 6.22. The third kappa shape index (κ3) is 1.78. The molecule has 1 amide bonds. The first-order valence-electron chi connectivity index (χ1n) is 6.22. The van der Waals surface area contributed by atoms with Gasteiger partial charge in [-0.05, 0) is 26.0 Å². The van der Waals surface area contributed by atoms with Gasteiger partial charge in [0, 0.05) is 18.4 Å². The van der Waals surface area contributed by atoms with E-state index in [1.54, 1.807) is 18.3 Å². The number of hydrogen-bond acceptors (Lipinski definition) is 3. The highest BCUT2D eigenvalue weighted by Gasteiger charge is 2.32. The number of benzene rings is 1. The van der Waals surface area contributed by atoms with Crippen molar-refractivity contribution >= 4 is 11.6 Å². The van der Waals surface area contributed by atoms with Gasteiger partial charge in [-0.2, -0.15) is 0 Å². The normalized spacial score (nSPS) is 18.2. The van der Waals surface area contributed by atoms with Crippen LogP contribution in [-0.4, -0.2) is 27.8 Å². The molecule has 1 aliphatic heterocycles. The van der Waals surface area contributed by atoms with Gasteiger partial charge in [0.05, 0.1) is 11.9 Å².